The van der Waals surface area contributed by atoms with E-state index < -0.39 is 17.9 Å². The van der Waals surface area contributed by atoms with Gasteiger partial charge < -0.3 is 4.42 Å². The van der Waals surface area contributed by atoms with Crippen molar-refractivity contribution in [1.29, 1.82) is 5.26 Å². The molecule has 2 nitrogen and oxygen atoms in total. The molecular formula is C8H6F3NO. The summed E-state index contributed by atoms with van der Waals surface area (Å²) in [5, 5.41) is 8.41. The van der Waals surface area contributed by atoms with Gasteiger partial charge in [0.05, 0.1) is 6.07 Å². The lowest BCUT2D eigenvalue weighted by Crippen LogP contribution is -2.02. The highest BCUT2D eigenvalue weighted by Crippen LogP contribution is 2.32. The molecule has 1 unspecified atom stereocenters. The highest BCUT2D eigenvalue weighted by Gasteiger charge is 2.35. The Kier molecular flexibility index (Phi) is 2.32. The average Bonchev–Trinajstić information content (AvgIpc) is 2.50. The fourth-order valence-corrected chi connectivity index (χ4v) is 0.802. The van der Waals surface area contributed by atoms with Gasteiger partial charge in [0.1, 0.15) is 11.7 Å². The maximum atomic E-state index is 12.0. The van der Waals surface area contributed by atoms with E-state index >= 15 is 0 Å². The van der Waals surface area contributed by atoms with Crippen LogP contribution in [-0.4, -0.2) is 0 Å². The number of alkyl halides is 3. The van der Waals surface area contributed by atoms with Gasteiger partial charge in [0.25, 0.3) is 0 Å². The molecule has 0 N–H and O–H groups in total. The van der Waals surface area contributed by atoms with Crippen LogP contribution in [0.2, 0.25) is 0 Å². The van der Waals surface area contributed by atoms with E-state index in [1.165, 1.54) is 6.92 Å². The lowest BCUT2D eigenvalue weighted by Gasteiger charge is -2.01. The Morgan fingerprint density at radius 2 is 2.08 bits per heavy atom. The third-order valence-corrected chi connectivity index (χ3v) is 1.53. The van der Waals surface area contributed by atoms with Crippen molar-refractivity contribution in [3.63, 3.8) is 0 Å². The molecule has 0 aliphatic carbocycles. The zero-order valence-electron chi connectivity index (χ0n) is 6.72. The van der Waals surface area contributed by atoms with Crippen LogP contribution in [0.25, 0.3) is 0 Å². The second-order valence-corrected chi connectivity index (χ2v) is 2.55. The molecule has 0 saturated carbocycles. The van der Waals surface area contributed by atoms with Crippen LogP contribution in [0.5, 0.6) is 0 Å². The van der Waals surface area contributed by atoms with E-state index in [-0.39, 0.29) is 5.76 Å². The SMILES string of the molecule is CC(C#N)c1ccc(C(F)(F)F)o1. The summed E-state index contributed by atoms with van der Waals surface area (Å²) < 4.78 is 40.4. The van der Waals surface area contributed by atoms with Crippen molar-refractivity contribution in [3.05, 3.63) is 23.7 Å². The molecule has 1 aromatic rings. The molecule has 1 heterocycles. The molecule has 0 aromatic carbocycles. The molecule has 1 atom stereocenters. The molecule has 13 heavy (non-hydrogen) atoms. The second-order valence-electron chi connectivity index (χ2n) is 2.55. The van der Waals surface area contributed by atoms with Gasteiger partial charge in [0.2, 0.25) is 5.76 Å². The minimum Gasteiger partial charge on any atom is -0.455 e. The normalized spacial score (nSPS) is 13.8. The van der Waals surface area contributed by atoms with Crippen molar-refractivity contribution in [2.75, 3.05) is 0 Å². The molecule has 0 bridgehead atoms. The fraction of sp³-hybridized carbons (Fsp3) is 0.375. The highest BCUT2D eigenvalue weighted by atomic mass is 19.4. The minimum absolute atomic E-state index is 0.0369. The van der Waals surface area contributed by atoms with Crippen molar-refractivity contribution >= 4 is 0 Å². The predicted octanol–water partition coefficient (Wildman–Crippen LogP) is 2.93. The lowest BCUT2D eigenvalue weighted by molar-refractivity contribution is -0.153. The van der Waals surface area contributed by atoms with Gasteiger partial charge in [0, 0.05) is 0 Å². The first-order valence-electron chi connectivity index (χ1n) is 3.51. The summed E-state index contributed by atoms with van der Waals surface area (Å²) >= 11 is 0. The number of furan rings is 1. The first kappa shape index (κ1) is 9.65. The lowest BCUT2D eigenvalue weighted by atomic mass is 10.1. The number of hydrogen-bond acceptors (Lipinski definition) is 2. The summed E-state index contributed by atoms with van der Waals surface area (Å²) in [6.45, 7) is 1.47. The van der Waals surface area contributed by atoms with E-state index in [9.17, 15) is 13.2 Å². The first-order chi connectivity index (χ1) is 5.95. The molecule has 70 valence electrons. The van der Waals surface area contributed by atoms with Crippen LogP contribution in [0.1, 0.15) is 24.4 Å². The zero-order chi connectivity index (χ0) is 10.1. The molecule has 5 heteroatoms. The average molecular weight is 189 g/mol. The maximum absolute atomic E-state index is 12.0. The Balaban J connectivity index is 2.95. The summed E-state index contributed by atoms with van der Waals surface area (Å²) in [7, 11) is 0. The zero-order valence-corrected chi connectivity index (χ0v) is 6.72. The van der Waals surface area contributed by atoms with Crippen LogP contribution < -0.4 is 0 Å². The highest BCUT2D eigenvalue weighted by molar-refractivity contribution is 5.17. The van der Waals surface area contributed by atoms with Gasteiger partial charge in [-0.1, -0.05) is 0 Å². The molecular weight excluding hydrogens is 183 g/mol. The summed E-state index contributed by atoms with van der Waals surface area (Å²) in [6, 6.07) is 3.77. The second kappa shape index (κ2) is 3.13. The number of rotatable bonds is 1. The van der Waals surface area contributed by atoms with E-state index in [2.05, 4.69) is 4.42 Å². The van der Waals surface area contributed by atoms with Crippen molar-refractivity contribution in [2.45, 2.75) is 19.0 Å². The van der Waals surface area contributed by atoms with Gasteiger partial charge in [0.15, 0.2) is 0 Å². The largest absolute Gasteiger partial charge is 0.455 e. The fourth-order valence-electron chi connectivity index (χ4n) is 0.802. The third-order valence-electron chi connectivity index (χ3n) is 1.53. The molecule has 0 spiro atoms. The quantitative estimate of drug-likeness (QED) is 0.680. The van der Waals surface area contributed by atoms with Crippen LogP contribution in [0.3, 0.4) is 0 Å². The van der Waals surface area contributed by atoms with Gasteiger partial charge in [-0.25, -0.2) is 0 Å². The molecule has 0 aliphatic rings. The van der Waals surface area contributed by atoms with Crippen LogP contribution in [0.15, 0.2) is 16.5 Å². The molecule has 0 amide bonds. The molecule has 0 fully saturated rings. The van der Waals surface area contributed by atoms with Crippen molar-refractivity contribution in [3.8, 4) is 6.07 Å². The molecule has 1 rings (SSSR count). The Bertz CT molecular complexity index is 334. The van der Waals surface area contributed by atoms with E-state index in [0.29, 0.717) is 0 Å². The predicted molar refractivity (Wildman–Crippen MR) is 37.7 cm³/mol. The molecule has 0 aliphatic heterocycles. The third kappa shape index (κ3) is 2.02. The summed E-state index contributed by atoms with van der Waals surface area (Å²) in [4.78, 5) is 0. The Morgan fingerprint density at radius 1 is 1.46 bits per heavy atom. The minimum atomic E-state index is -4.48. The maximum Gasteiger partial charge on any atom is 0.449 e. The van der Waals surface area contributed by atoms with E-state index in [1.807, 2.05) is 0 Å². The van der Waals surface area contributed by atoms with Crippen LogP contribution in [-0.2, 0) is 6.18 Å². The number of nitriles is 1. The van der Waals surface area contributed by atoms with E-state index in [0.717, 1.165) is 12.1 Å². The summed E-state index contributed by atoms with van der Waals surface area (Å²) in [5.74, 6) is -1.68. The number of hydrogen-bond donors (Lipinski definition) is 0. The van der Waals surface area contributed by atoms with Gasteiger partial charge >= 0.3 is 6.18 Å². The Hall–Kier alpha value is -1.44. The topological polar surface area (TPSA) is 36.9 Å². The van der Waals surface area contributed by atoms with Crippen LogP contribution in [0, 0.1) is 11.3 Å². The first-order valence-corrected chi connectivity index (χ1v) is 3.51. The van der Waals surface area contributed by atoms with Crippen molar-refractivity contribution < 1.29 is 17.6 Å². The Labute approximate surface area is 72.6 Å². The monoisotopic (exact) mass is 189 g/mol. The molecule has 0 saturated heterocycles. The van der Waals surface area contributed by atoms with Crippen molar-refractivity contribution in [2.24, 2.45) is 0 Å². The summed E-state index contributed by atoms with van der Waals surface area (Å²) in [5.41, 5.74) is 0. The van der Waals surface area contributed by atoms with Gasteiger partial charge in [-0.05, 0) is 19.1 Å². The van der Waals surface area contributed by atoms with Gasteiger partial charge in [-0.15, -0.1) is 0 Å². The molecule has 0 radical (unpaired) electrons. The van der Waals surface area contributed by atoms with Crippen molar-refractivity contribution in [1.82, 2.24) is 0 Å². The smallest absolute Gasteiger partial charge is 0.449 e. The van der Waals surface area contributed by atoms with Crippen LogP contribution in [0.4, 0.5) is 13.2 Å². The van der Waals surface area contributed by atoms with E-state index in [1.54, 1.807) is 6.07 Å². The molecule has 1 aromatic heterocycles. The Morgan fingerprint density at radius 3 is 2.46 bits per heavy atom. The van der Waals surface area contributed by atoms with Gasteiger partial charge in [-0.3, -0.25) is 0 Å². The number of halogens is 3. The van der Waals surface area contributed by atoms with E-state index in [4.69, 9.17) is 5.26 Å². The van der Waals surface area contributed by atoms with Crippen LogP contribution >= 0.6 is 0 Å². The standard InChI is InChI=1S/C8H6F3NO/c1-5(4-12)6-2-3-7(13-6)8(9,10)11/h2-3,5H,1H3. The number of nitrogens with zero attached hydrogens (tertiary/aromatic N) is 1. The van der Waals surface area contributed by atoms with Gasteiger partial charge in [-0.2, -0.15) is 18.4 Å². The summed E-state index contributed by atoms with van der Waals surface area (Å²) in [6.07, 6.45) is -4.48.